The smallest absolute Gasteiger partial charge is 0.237 e. The van der Waals surface area contributed by atoms with Crippen LogP contribution in [0.25, 0.3) is 0 Å². The van der Waals surface area contributed by atoms with Crippen LogP contribution in [0, 0.1) is 13.8 Å². The van der Waals surface area contributed by atoms with Crippen molar-refractivity contribution in [3.05, 3.63) is 17.5 Å². The number of hydrogen-bond acceptors (Lipinski definition) is 5. The third-order valence-corrected chi connectivity index (χ3v) is 5.02. The van der Waals surface area contributed by atoms with E-state index in [4.69, 9.17) is 5.73 Å². The summed E-state index contributed by atoms with van der Waals surface area (Å²) in [5.74, 6) is -0.258. The van der Waals surface area contributed by atoms with Gasteiger partial charge in [-0.15, -0.1) is 0 Å². The molecule has 0 saturated heterocycles. The van der Waals surface area contributed by atoms with Crippen LogP contribution >= 0.6 is 11.8 Å². The Bertz CT molecular complexity index is 488. The molecule has 20 heavy (non-hydrogen) atoms. The maximum absolute atomic E-state index is 11.7. The van der Waals surface area contributed by atoms with E-state index < -0.39 is 5.54 Å². The van der Waals surface area contributed by atoms with Gasteiger partial charge < -0.3 is 11.1 Å². The number of carbonyl (C=O) groups excluding carboxylic acids is 1. The lowest BCUT2D eigenvalue weighted by atomic mass is 9.81. The normalized spacial score (nSPS) is 26.4. The number of amides is 1. The van der Waals surface area contributed by atoms with Crippen molar-refractivity contribution < 1.29 is 4.79 Å². The number of rotatable bonds is 4. The van der Waals surface area contributed by atoms with E-state index in [1.165, 1.54) is 0 Å². The summed E-state index contributed by atoms with van der Waals surface area (Å²) in [4.78, 5) is 20.7. The second kappa shape index (κ2) is 6.10. The largest absolute Gasteiger partial charge is 0.368 e. The molecule has 3 N–H and O–H groups in total. The molecule has 5 nitrogen and oxygen atoms in total. The van der Waals surface area contributed by atoms with Gasteiger partial charge in [-0.1, -0.05) is 11.8 Å². The van der Waals surface area contributed by atoms with E-state index in [0.717, 1.165) is 42.2 Å². The van der Waals surface area contributed by atoms with Crippen LogP contribution in [0.15, 0.2) is 11.2 Å². The van der Waals surface area contributed by atoms with E-state index in [9.17, 15) is 4.79 Å². The number of likely N-dealkylation sites (N-methyl/N-ethyl adjacent to an activating group) is 1. The summed E-state index contributed by atoms with van der Waals surface area (Å²) in [6.45, 7) is 3.95. The number of thioether (sulfide) groups is 1. The molecule has 1 aliphatic rings. The topological polar surface area (TPSA) is 80.9 Å². The third-order valence-electron chi connectivity index (χ3n) is 3.89. The van der Waals surface area contributed by atoms with Gasteiger partial charge in [0, 0.05) is 16.6 Å². The van der Waals surface area contributed by atoms with Crippen LogP contribution in [-0.4, -0.2) is 33.7 Å². The number of aromatic nitrogens is 2. The monoisotopic (exact) mass is 294 g/mol. The lowest BCUT2D eigenvalue weighted by molar-refractivity contribution is -0.125. The minimum absolute atomic E-state index is 0.258. The summed E-state index contributed by atoms with van der Waals surface area (Å²) in [6, 6.07) is 1.96. The second-order valence-corrected chi connectivity index (χ2v) is 6.73. The number of carbonyl (C=O) groups is 1. The molecule has 110 valence electrons. The van der Waals surface area contributed by atoms with Crippen LogP contribution in [0.3, 0.4) is 0 Å². The molecule has 1 saturated carbocycles. The fraction of sp³-hybridized carbons (Fsp3) is 0.643. The molecule has 1 amide bonds. The summed E-state index contributed by atoms with van der Waals surface area (Å²) >= 11 is 1.66. The van der Waals surface area contributed by atoms with Crippen molar-refractivity contribution in [1.82, 2.24) is 15.3 Å². The number of nitrogens with one attached hydrogen (secondary N) is 1. The van der Waals surface area contributed by atoms with E-state index in [1.807, 2.05) is 27.0 Å². The molecule has 0 aromatic carbocycles. The molecule has 1 aliphatic carbocycles. The van der Waals surface area contributed by atoms with Gasteiger partial charge in [0.15, 0.2) is 5.16 Å². The Morgan fingerprint density at radius 2 is 2.10 bits per heavy atom. The van der Waals surface area contributed by atoms with Crippen LogP contribution < -0.4 is 11.1 Å². The van der Waals surface area contributed by atoms with Gasteiger partial charge in [-0.05, 0) is 52.6 Å². The molecular weight excluding hydrogens is 272 g/mol. The first-order valence-corrected chi connectivity index (χ1v) is 7.81. The van der Waals surface area contributed by atoms with Gasteiger partial charge in [0.2, 0.25) is 5.91 Å². The molecule has 2 rings (SSSR count). The van der Waals surface area contributed by atoms with Gasteiger partial charge in [0.1, 0.15) is 0 Å². The highest BCUT2D eigenvalue weighted by Gasteiger charge is 2.40. The Kier molecular flexibility index (Phi) is 4.65. The highest BCUT2D eigenvalue weighted by atomic mass is 32.2. The summed E-state index contributed by atoms with van der Waals surface area (Å²) in [7, 11) is 1.81. The maximum atomic E-state index is 11.7. The minimum atomic E-state index is -0.575. The Balaban J connectivity index is 2.11. The van der Waals surface area contributed by atoms with Crippen LogP contribution in [0.1, 0.15) is 37.1 Å². The number of hydrogen-bond donors (Lipinski definition) is 2. The molecule has 6 heteroatoms. The first kappa shape index (κ1) is 15.3. The van der Waals surface area contributed by atoms with E-state index >= 15 is 0 Å². The van der Waals surface area contributed by atoms with E-state index in [2.05, 4.69) is 15.3 Å². The first-order valence-electron chi connectivity index (χ1n) is 6.93. The number of nitrogens with two attached hydrogens (primary N) is 1. The van der Waals surface area contributed by atoms with Gasteiger partial charge in [0.25, 0.3) is 0 Å². The van der Waals surface area contributed by atoms with Gasteiger partial charge in [-0.25, -0.2) is 9.97 Å². The van der Waals surface area contributed by atoms with E-state index in [-0.39, 0.29) is 5.91 Å². The van der Waals surface area contributed by atoms with Gasteiger partial charge in [-0.2, -0.15) is 0 Å². The molecule has 1 fully saturated rings. The SMILES string of the molecule is CNC1(C(N)=O)CCCC(Sc2nc(C)cc(C)n2)C1. The van der Waals surface area contributed by atoms with Crippen molar-refractivity contribution >= 4 is 17.7 Å². The Morgan fingerprint density at radius 3 is 2.65 bits per heavy atom. The molecular formula is C14H22N4OS. The van der Waals surface area contributed by atoms with Crippen molar-refractivity contribution in [2.24, 2.45) is 5.73 Å². The summed E-state index contributed by atoms with van der Waals surface area (Å²) in [6.07, 6.45) is 3.60. The lowest BCUT2D eigenvalue weighted by Crippen LogP contribution is -2.57. The molecule has 1 heterocycles. The Labute approximate surface area is 124 Å². The molecule has 2 unspecified atom stereocenters. The Hall–Kier alpha value is -1.14. The zero-order valence-electron chi connectivity index (χ0n) is 12.3. The highest BCUT2D eigenvalue weighted by molar-refractivity contribution is 7.99. The predicted octanol–water partition coefficient (Wildman–Crippen LogP) is 1.57. The zero-order valence-corrected chi connectivity index (χ0v) is 13.1. The van der Waals surface area contributed by atoms with E-state index in [0.29, 0.717) is 5.25 Å². The van der Waals surface area contributed by atoms with Gasteiger partial charge >= 0.3 is 0 Å². The quantitative estimate of drug-likeness (QED) is 0.824. The molecule has 0 spiro atoms. The Morgan fingerprint density at radius 1 is 1.45 bits per heavy atom. The van der Waals surface area contributed by atoms with Crippen molar-refractivity contribution in [2.45, 2.75) is 55.5 Å². The van der Waals surface area contributed by atoms with Crippen LogP contribution in [-0.2, 0) is 4.79 Å². The standard InChI is InChI=1S/C14H22N4OS/c1-9-7-10(2)18-13(17-9)20-11-5-4-6-14(8-11,16-3)12(15)19/h7,11,16H,4-6,8H2,1-3H3,(H2,15,19). The minimum Gasteiger partial charge on any atom is -0.368 e. The zero-order chi connectivity index (χ0) is 14.8. The lowest BCUT2D eigenvalue weighted by Gasteiger charge is -2.37. The van der Waals surface area contributed by atoms with Crippen molar-refractivity contribution in [3.63, 3.8) is 0 Å². The number of nitrogens with zero attached hydrogens (tertiary/aromatic N) is 2. The van der Waals surface area contributed by atoms with Crippen molar-refractivity contribution in [3.8, 4) is 0 Å². The van der Waals surface area contributed by atoms with Crippen molar-refractivity contribution in [1.29, 1.82) is 0 Å². The third kappa shape index (κ3) is 3.30. The fourth-order valence-electron chi connectivity index (χ4n) is 2.79. The molecule has 0 bridgehead atoms. The van der Waals surface area contributed by atoms with E-state index in [1.54, 1.807) is 11.8 Å². The van der Waals surface area contributed by atoms with Crippen LogP contribution in [0.5, 0.6) is 0 Å². The number of primary amides is 1. The van der Waals surface area contributed by atoms with Gasteiger partial charge in [0.05, 0.1) is 5.54 Å². The van der Waals surface area contributed by atoms with Crippen LogP contribution in [0.2, 0.25) is 0 Å². The average Bonchev–Trinajstić information content (AvgIpc) is 2.37. The maximum Gasteiger partial charge on any atom is 0.237 e. The fourth-order valence-corrected chi connectivity index (χ4v) is 4.14. The van der Waals surface area contributed by atoms with Gasteiger partial charge in [-0.3, -0.25) is 4.79 Å². The van der Waals surface area contributed by atoms with Crippen molar-refractivity contribution in [2.75, 3.05) is 7.05 Å². The molecule has 0 radical (unpaired) electrons. The average molecular weight is 294 g/mol. The second-order valence-electron chi connectivity index (χ2n) is 5.47. The first-order chi connectivity index (χ1) is 9.45. The molecule has 1 aromatic rings. The number of aryl methyl sites for hydroxylation is 2. The predicted molar refractivity (Wildman–Crippen MR) is 80.6 cm³/mol. The summed E-state index contributed by atoms with van der Waals surface area (Å²) in [5.41, 5.74) is 6.95. The van der Waals surface area contributed by atoms with Crippen LogP contribution in [0.4, 0.5) is 0 Å². The molecule has 1 aromatic heterocycles. The summed E-state index contributed by atoms with van der Waals surface area (Å²) in [5, 5.41) is 4.25. The summed E-state index contributed by atoms with van der Waals surface area (Å²) < 4.78 is 0. The highest BCUT2D eigenvalue weighted by Crippen LogP contribution is 2.37. The molecule has 2 atom stereocenters. The molecule has 0 aliphatic heterocycles.